The number of benzene rings is 1. The maximum atomic E-state index is 11.8. The molecular weight excluding hydrogens is 303 g/mol. The quantitative estimate of drug-likeness (QED) is 0.863. The molecule has 1 aromatic heterocycles. The Morgan fingerprint density at radius 2 is 2.00 bits per heavy atom. The lowest BCUT2D eigenvalue weighted by atomic mass is 10.4. The molecule has 0 spiro atoms. The van der Waals surface area contributed by atoms with Crippen molar-refractivity contribution in [2.24, 2.45) is 0 Å². The van der Waals surface area contributed by atoms with Crippen LogP contribution in [0.4, 0.5) is 5.82 Å². The van der Waals surface area contributed by atoms with Gasteiger partial charge in [0, 0.05) is 11.1 Å². The number of aromatic nitrogens is 1. The molecule has 1 heterocycles. The van der Waals surface area contributed by atoms with Gasteiger partial charge >= 0.3 is 0 Å². The fourth-order valence-corrected chi connectivity index (χ4v) is 2.49. The van der Waals surface area contributed by atoms with E-state index in [0.29, 0.717) is 21.6 Å². The van der Waals surface area contributed by atoms with E-state index in [1.165, 1.54) is 24.0 Å². The van der Waals surface area contributed by atoms with Crippen LogP contribution in [0.2, 0.25) is 10.0 Å². The Hall–Kier alpha value is -1.23. The maximum Gasteiger partial charge on any atom is 0.235 e. The van der Waals surface area contributed by atoms with Crippen molar-refractivity contribution in [3.05, 3.63) is 52.6 Å². The van der Waals surface area contributed by atoms with Crippen LogP contribution in [0.5, 0.6) is 0 Å². The molecule has 0 aliphatic rings. The molecule has 0 bridgehead atoms. The minimum Gasteiger partial charge on any atom is -0.309 e. The van der Waals surface area contributed by atoms with E-state index in [9.17, 15) is 4.79 Å². The molecule has 0 fully saturated rings. The molecule has 2 aromatic rings. The summed E-state index contributed by atoms with van der Waals surface area (Å²) >= 11 is 13.1. The van der Waals surface area contributed by atoms with Crippen LogP contribution >= 0.6 is 35.0 Å². The maximum absolute atomic E-state index is 11.8. The summed E-state index contributed by atoms with van der Waals surface area (Å²) in [6.07, 6.45) is 1.44. The third-order valence-corrected chi connectivity index (χ3v) is 3.69. The number of halogens is 2. The monoisotopic (exact) mass is 312 g/mol. The van der Waals surface area contributed by atoms with Gasteiger partial charge in [-0.05, 0) is 18.2 Å². The highest BCUT2D eigenvalue weighted by Gasteiger charge is 2.08. The summed E-state index contributed by atoms with van der Waals surface area (Å²) in [6.45, 7) is 0. The summed E-state index contributed by atoms with van der Waals surface area (Å²) in [5.74, 6) is 0.459. The van der Waals surface area contributed by atoms with Crippen molar-refractivity contribution in [1.82, 2.24) is 4.98 Å². The van der Waals surface area contributed by atoms with Crippen LogP contribution in [0.25, 0.3) is 0 Å². The summed E-state index contributed by atoms with van der Waals surface area (Å²) in [4.78, 5) is 16.8. The van der Waals surface area contributed by atoms with Crippen molar-refractivity contribution < 1.29 is 4.79 Å². The number of anilines is 1. The van der Waals surface area contributed by atoms with E-state index in [4.69, 9.17) is 23.2 Å². The Labute approximate surface area is 125 Å². The zero-order chi connectivity index (χ0) is 13.7. The highest BCUT2D eigenvalue weighted by molar-refractivity contribution is 8.00. The molecular formula is C13H10Cl2N2OS. The van der Waals surface area contributed by atoms with Crippen molar-refractivity contribution in [3.8, 4) is 0 Å². The predicted octanol–water partition coefficient (Wildman–Crippen LogP) is 4.12. The molecule has 2 rings (SSSR count). The molecule has 0 saturated carbocycles. The normalized spacial score (nSPS) is 10.2. The van der Waals surface area contributed by atoms with Gasteiger partial charge in [0.25, 0.3) is 0 Å². The van der Waals surface area contributed by atoms with Crippen LogP contribution in [-0.4, -0.2) is 16.6 Å². The molecule has 0 saturated heterocycles. The molecule has 19 heavy (non-hydrogen) atoms. The van der Waals surface area contributed by atoms with Crippen LogP contribution < -0.4 is 5.32 Å². The topological polar surface area (TPSA) is 42.0 Å². The molecule has 98 valence electrons. The first-order valence-corrected chi connectivity index (χ1v) is 7.18. The van der Waals surface area contributed by atoms with Gasteiger partial charge in [-0.15, -0.1) is 11.8 Å². The van der Waals surface area contributed by atoms with Gasteiger partial charge in [0.05, 0.1) is 15.8 Å². The Balaban J connectivity index is 1.91. The van der Waals surface area contributed by atoms with Crippen LogP contribution in [0.15, 0.2) is 47.5 Å². The fraction of sp³-hybridized carbons (Fsp3) is 0.0769. The minimum absolute atomic E-state index is 0.162. The second-order valence-corrected chi connectivity index (χ2v) is 5.53. The first-order chi connectivity index (χ1) is 9.15. The molecule has 0 aliphatic carbocycles. The van der Waals surface area contributed by atoms with Gasteiger partial charge in [-0.25, -0.2) is 4.98 Å². The third kappa shape index (κ3) is 4.42. The highest BCUT2D eigenvalue weighted by Crippen LogP contribution is 2.23. The van der Waals surface area contributed by atoms with E-state index < -0.39 is 0 Å². The molecule has 0 aliphatic heterocycles. The fourth-order valence-electron chi connectivity index (χ4n) is 1.34. The van der Waals surface area contributed by atoms with Gasteiger partial charge < -0.3 is 5.32 Å². The van der Waals surface area contributed by atoms with Crippen LogP contribution in [0, 0.1) is 0 Å². The Bertz CT molecular complexity index is 578. The van der Waals surface area contributed by atoms with Crippen molar-refractivity contribution >= 4 is 46.7 Å². The van der Waals surface area contributed by atoms with Crippen LogP contribution in [0.3, 0.4) is 0 Å². The number of hydrogen-bond donors (Lipinski definition) is 1. The highest BCUT2D eigenvalue weighted by atomic mass is 35.5. The number of amides is 1. The average molecular weight is 313 g/mol. The zero-order valence-corrected chi connectivity index (χ0v) is 12.1. The molecule has 1 N–H and O–H groups in total. The summed E-state index contributed by atoms with van der Waals surface area (Å²) < 4.78 is 0. The molecule has 0 radical (unpaired) electrons. The number of rotatable bonds is 4. The lowest BCUT2D eigenvalue weighted by molar-refractivity contribution is -0.113. The minimum atomic E-state index is -0.162. The molecule has 3 nitrogen and oxygen atoms in total. The predicted molar refractivity (Wildman–Crippen MR) is 80.1 cm³/mol. The van der Waals surface area contributed by atoms with Gasteiger partial charge in [0.1, 0.15) is 0 Å². The van der Waals surface area contributed by atoms with E-state index in [1.807, 2.05) is 30.3 Å². The van der Waals surface area contributed by atoms with Crippen LogP contribution in [-0.2, 0) is 4.79 Å². The van der Waals surface area contributed by atoms with Gasteiger partial charge in [0.2, 0.25) is 5.91 Å². The van der Waals surface area contributed by atoms with Gasteiger partial charge in [-0.1, -0.05) is 41.4 Å². The van der Waals surface area contributed by atoms with Crippen molar-refractivity contribution in [1.29, 1.82) is 0 Å². The lowest BCUT2D eigenvalue weighted by Gasteiger charge is -2.06. The number of carbonyl (C=O) groups excluding carboxylic acids is 1. The number of pyridine rings is 1. The smallest absolute Gasteiger partial charge is 0.235 e. The zero-order valence-electron chi connectivity index (χ0n) is 9.77. The number of nitrogens with zero attached hydrogens (tertiary/aromatic N) is 1. The second kappa shape index (κ2) is 6.80. The van der Waals surface area contributed by atoms with Crippen molar-refractivity contribution in [2.75, 3.05) is 11.1 Å². The number of hydrogen-bond acceptors (Lipinski definition) is 3. The molecule has 0 atom stereocenters. The Kier molecular flexibility index (Phi) is 5.07. The first-order valence-electron chi connectivity index (χ1n) is 5.44. The first kappa shape index (κ1) is 14.2. The van der Waals surface area contributed by atoms with Crippen molar-refractivity contribution in [3.63, 3.8) is 0 Å². The molecule has 0 unspecified atom stereocenters. The van der Waals surface area contributed by atoms with Gasteiger partial charge in [0.15, 0.2) is 5.82 Å². The summed E-state index contributed by atoms with van der Waals surface area (Å²) in [7, 11) is 0. The summed E-state index contributed by atoms with van der Waals surface area (Å²) in [6, 6.07) is 11.2. The number of carbonyl (C=O) groups is 1. The van der Waals surface area contributed by atoms with Gasteiger partial charge in [-0.2, -0.15) is 0 Å². The van der Waals surface area contributed by atoms with Crippen LogP contribution in [0.1, 0.15) is 0 Å². The van der Waals surface area contributed by atoms with E-state index in [2.05, 4.69) is 10.3 Å². The van der Waals surface area contributed by atoms with E-state index in [0.717, 1.165) is 4.90 Å². The van der Waals surface area contributed by atoms with E-state index in [1.54, 1.807) is 0 Å². The largest absolute Gasteiger partial charge is 0.309 e. The lowest BCUT2D eigenvalue weighted by Crippen LogP contribution is -2.15. The SMILES string of the molecule is O=C(CSc1ccccc1)Nc1ncc(Cl)cc1Cl. The number of nitrogens with one attached hydrogen (secondary N) is 1. The summed E-state index contributed by atoms with van der Waals surface area (Å²) in [5, 5.41) is 3.40. The Morgan fingerprint density at radius 3 is 2.68 bits per heavy atom. The summed E-state index contributed by atoms with van der Waals surface area (Å²) in [5.41, 5.74) is 0. The average Bonchev–Trinajstić information content (AvgIpc) is 2.41. The van der Waals surface area contributed by atoms with Gasteiger partial charge in [-0.3, -0.25) is 4.79 Å². The van der Waals surface area contributed by atoms with E-state index in [-0.39, 0.29) is 5.91 Å². The Morgan fingerprint density at radius 1 is 1.26 bits per heavy atom. The standard InChI is InChI=1S/C13H10Cl2N2OS/c14-9-6-11(15)13(16-7-9)17-12(18)8-19-10-4-2-1-3-5-10/h1-7H,8H2,(H,16,17,18). The third-order valence-electron chi connectivity index (χ3n) is 2.18. The molecule has 6 heteroatoms. The number of thioether (sulfide) groups is 1. The van der Waals surface area contributed by atoms with Crippen molar-refractivity contribution in [2.45, 2.75) is 4.90 Å². The van der Waals surface area contributed by atoms with E-state index >= 15 is 0 Å². The molecule has 1 amide bonds. The second-order valence-electron chi connectivity index (χ2n) is 3.63. The molecule has 1 aromatic carbocycles.